The Labute approximate surface area is 128 Å². The minimum absolute atomic E-state index is 0.286. The lowest BCUT2D eigenvalue weighted by Gasteiger charge is -2.38. The van der Waals surface area contributed by atoms with Crippen LogP contribution in [0, 0.1) is 5.92 Å². The predicted molar refractivity (Wildman–Crippen MR) is 85.9 cm³/mol. The average Bonchev–Trinajstić information content (AvgIpc) is 2.40. The number of nitrogens with one attached hydrogen (secondary N) is 1. The number of hydrogen-bond donors (Lipinski definition) is 2. The minimum atomic E-state index is 0.286. The van der Waals surface area contributed by atoms with E-state index in [0.29, 0.717) is 6.10 Å². The summed E-state index contributed by atoms with van der Waals surface area (Å²) in [5, 5.41) is 0. The lowest BCUT2D eigenvalue weighted by Crippen LogP contribution is -2.37. The molecule has 0 aliphatic heterocycles. The van der Waals surface area contributed by atoms with Gasteiger partial charge in [-0.3, -0.25) is 11.3 Å². The number of hydrogen-bond acceptors (Lipinski definition) is 3. The third kappa shape index (κ3) is 3.31. The SMILES string of the molecule is CCOC1CC(CC(NN)c2ccccc2C2CCC2)C1. The predicted octanol–water partition coefficient (Wildman–Crippen LogP) is 3.66. The van der Waals surface area contributed by atoms with Gasteiger partial charge in [-0.05, 0) is 62.0 Å². The molecule has 2 fully saturated rings. The number of rotatable bonds is 7. The van der Waals surface area contributed by atoms with Crippen LogP contribution in [0.2, 0.25) is 0 Å². The highest BCUT2D eigenvalue weighted by Crippen LogP contribution is 2.42. The molecule has 0 spiro atoms. The van der Waals surface area contributed by atoms with Crippen LogP contribution in [-0.2, 0) is 4.74 Å². The summed E-state index contributed by atoms with van der Waals surface area (Å²) in [6.07, 6.45) is 8.05. The van der Waals surface area contributed by atoms with Gasteiger partial charge in [0.2, 0.25) is 0 Å². The molecule has 0 saturated heterocycles. The van der Waals surface area contributed by atoms with Crippen molar-refractivity contribution >= 4 is 0 Å². The molecule has 1 aromatic rings. The summed E-state index contributed by atoms with van der Waals surface area (Å²) < 4.78 is 5.67. The molecule has 2 saturated carbocycles. The van der Waals surface area contributed by atoms with Crippen LogP contribution in [0.4, 0.5) is 0 Å². The van der Waals surface area contributed by atoms with E-state index in [2.05, 4.69) is 36.6 Å². The number of benzene rings is 1. The van der Waals surface area contributed by atoms with Crippen LogP contribution in [0.15, 0.2) is 24.3 Å². The molecule has 21 heavy (non-hydrogen) atoms. The Morgan fingerprint density at radius 1 is 1.29 bits per heavy atom. The van der Waals surface area contributed by atoms with E-state index in [0.717, 1.165) is 24.9 Å². The molecule has 2 aliphatic carbocycles. The van der Waals surface area contributed by atoms with Gasteiger partial charge in [0, 0.05) is 12.6 Å². The van der Waals surface area contributed by atoms with E-state index in [4.69, 9.17) is 10.6 Å². The number of ether oxygens (including phenoxy) is 1. The highest BCUT2D eigenvalue weighted by atomic mass is 16.5. The Morgan fingerprint density at radius 2 is 2.05 bits per heavy atom. The van der Waals surface area contributed by atoms with Gasteiger partial charge in [0.05, 0.1) is 6.10 Å². The van der Waals surface area contributed by atoms with Crippen LogP contribution in [0.3, 0.4) is 0 Å². The van der Waals surface area contributed by atoms with Gasteiger partial charge in [0.25, 0.3) is 0 Å². The van der Waals surface area contributed by atoms with Crippen LogP contribution in [-0.4, -0.2) is 12.7 Å². The van der Waals surface area contributed by atoms with E-state index < -0.39 is 0 Å². The van der Waals surface area contributed by atoms with Crippen molar-refractivity contribution in [3.8, 4) is 0 Å². The second-order valence-corrected chi connectivity index (χ2v) is 6.63. The molecule has 1 aromatic carbocycles. The molecular weight excluding hydrogens is 260 g/mol. The highest BCUT2D eigenvalue weighted by molar-refractivity contribution is 5.34. The van der Waals surface area contributed by atoms with Crippen molar-refractivity contribution in [2.45, 2.75) is 63.5 Å². The summed E-state index contributed by atoms with van der Waals surface area (Å²) in [6, 6.07) is 9.16. The Bertz CT molecular complexity index is 452. The molecular formula is C18H28N2O. The fourth-order valence-electron chi connectivity index (χ4n) is 3.78. The van der Waals surface area contributed by atoms with Crippen molar-refractivity contribution in [2.75, 3.05) is 6.61 Å². The Hall–Kier alpha value is -0.900. The Balaban J connectivity index is 1.64. The molecule has 3 rings (SSSR count). The highest BCUT2D eigenvalue weighted by Gasteiger charge is 2.33. The van der Waals surface area contributed by atoms with Crippen molar-refractivity contribution in [1.82, 2.24) is 5.43 Å². The van der Waals surface area contributed by atoms with Gasteiger partial charge in [-0.2, -0.15) is 0 Å². The molecule has 116 valence electrons. The molecule has 1 atom stereocenters. The van der Waals surface area contributed by atoms with E-state index >= 15 is 0 Å². The topological polar surface area (TPSA) is 47.3 Å². The zero-order chi connectivity index (χ0) is 14.7. The molecule has 1 unspecified atom stereocenters. The Kier molecular flexibility index (Phi) is 4.94. The zero-order valence-corrected chi connectivity index (χ0v) is 13.1. The van der Waals surface area contributed by atoms with Crippen molar-refractivity contribution in [3.05, 3.63) is 35.4 Å². The standard InChI is InChI=1S/C18H28N2O/c1-2-21-15-10-13(11-15)12-18(20-19)17-9-4-3-8-16(17)14-6-5-7-14/h3-4,8-9,13-15,18,20H,2,5-7,10-12,19H2,1H3. The second-order valence-electron chi connectivity index (χ2n) is 6.63. The van der Waals surface area contributed by atoms with E-state index in [1.165, 1.54) is 43.2 Å². The van der Waals surface area contributed by atoms with E-state index in [1.807, 2.05) is 0 Å². The maximum Gasteiger partial charge on any atom is 0.0580 e. The molecule has 3 N–H and O–H groups in total. The average molecular weight is 288 g/mol. The molecule has 2 aliphatic rings. The summed E-state index contributed by atoms with van der Waals surface area (Å²) in [7, 11) is 0. The van der Waals surface area contributed by atoms with Gasteiger partial charge in [0.1, 0.15) is 0 Å². The third-order valence-corrected chi connectivity index (χ3v) is 5.28. The van der Waals surface area contributed by atoms with Gasteiger partial charge < -0.3 is 4.74 Å². The van der Waals surface area contributed by atoms with Crippen molar-refractivity contribution < 1.29 is 4.74 Å². The van der Waals surface area contributed by atoms with Crippen LogP contribution in [0.25, 0.3) is 0 Å². The minimum Gasteiger partial charge on any atom is -0.378 e. The molecule has 0 amide bonds. The largest absolute Gasteiger partial charge is 0.378 e. The molecule has 3 heteroatoms. The van der Waals surface area contributed by atoms with Crippen molar-refractivity contribution in [2.24, 2.45) is 11.8 Å². The van der Waals surface area contributed by atoms with Gasteiger partial charge in [-0.25, -0.2) is 0 Å². The summed E-state index contributed by atoms with van der Waals surface area (Å²) in [6.45, 7) is 2.91. The number of nitrogens with two attached hydrogens (primary N) is 1. The first kappa shape index (κ1) is 15.0. The monoisotopic (exact) mass is 288 g/mol. The fraction of sp³-hybridized carbons (Fsp3) is 0.667. The first-order chi connectivity index (χ1) is 10.3. The van der Waals surface area contributed by atoms with Crippen LogP contribution in [0.1, 0.15) is 68.5 Å². The smallest absolute Gasteiger partial charge is 0.0580 e. The van der Waals surface area contributed by atoms with Crippen LogP contribution in [0.5, 0.6) is 0 Å². The van der Waals surface area contributed by atoms with Crippen LogP contribution < -0.4 is 11.3 Å². The van der Waals surface area contributed by atoms with Gasteiger partial charge in [-0.15, -0.1) is 0 Å². The maximum absolute atomic E-state index is 5.87. The fourth-order valence-corrected chi connectivity index (χ4v) is 3.78. The first-order valence-corrected chi connectivity index (χ1v) is 8.48. The normalized spacial score (nSPS) is 27.0. The van der Waals surface area contributed by atoms with Crippen molar-refractivity contribution in [3.63, 3.8) is 0 Å². The van der Waals surface area contributed by atoms with E-state index in [9.17, 15) is 0 Å². The van der Waals surface area contributed by atoms with Crippen LogP contribution >= 0.6 is 0 Å². The quantitative estimate of drug-likeness (QED) is 0.594. The molecule has 0 heterocycles. The van der Waals surface area contributed by atoms with E-state index in [1.54, 1.807) is 0 Å². The maximum atomic E-state index is 5.87. The summed E-state index contributed by atoms with van der Waals surface area (Å²) >= 11 is 0. The second kappa shape index (κ2) is 6.91. The Morgan fingerprint density at radius 3 is 2.67 bits per heavy atom. The van der Waals surface area contributed by atoms with E-state index in [-0.39, 0.29) is 6.04 Å². The van der Waals surface area contributed by atoms with Gasteiger partial charge in [-0.1, -0.05) is 30.7 Å². The third-order valence-electron chi connectivity index (χ3n) is 5.28. The summed E-state index contributed by atoms with van der Waals surface area (Å²) in [5.41, 5.74) is 6.01. The zero-order valence-electron chi connectivity index (χ0n) is 13.1. The van der Waals surface area contributed by atoms with Gasteiger partial charge in [0.15, 0.2) is 0 Å². The summed E-state index contributed by atoms with van der Waals surface area (Å²) in [5.74, 6) is 7.38. The molecule has 0 radical (unpaired) electrons. The summed E-state index contributed by atoms with van der Waals surface area (Å²) in [4.78, 5) is 0. The lowest BCUT2D eigenvalue weighted by molar-refractivity contribution is -0.0292. The first-order valence-electron chi connectivity index (χ1n) is 8.48. The molecule has 3 nitrogen and oxygen atoms in total. The molecule has 0 bridgehead atoms. The lowest BCUT2D eigenvalue weighted by atomic mass is 9.74. The van der Waals surface area contributed by atoms with Crippen molar-refractivity contribution in [1.29, 1.82) is 0 Å². The molecule has 0 aromatic heterocycles. The number of hydrazine groups is 1. The van der Waals surface area contributed by atoms with Gasteiger partial charge >= 0.3 is 0 Å².